The lowest BCUT2D eigenvalue weighted by molar-refractivity contribution is -0.384. The molecule has 0 fully saturated rings. The summed E-state index contributed by atoms with van der Waals surface area (Å²) in [6.07, 6.45) is 3.89. The molecule has 0 bridgehead atoms. The second-order valence-electron chi connectivity index (χ2n) is 6.83. The smallest absolute Gasteiger partial charge is 0.269 e. The largest absolute Gasteiger partial charge is 0.342 e. The number of fused-ring (bicyclic) bond motifs is 1. The summed E-state index contributed by atoms with van der Waals surface area (Å²) in [6, 6.07) is 24.8. The highest BCUT2D eigenvalue weighted by Crippen LogP contribution is 2.27. The second-order valence-corrected chi connectivity index (χ2v) is 8.08. The standard InChI is InChI=1S/C24H16IN3O2/c25-21-9-5-17(6-10-21)15-27-16-20(23-3-1-2-4-24(23)27)13-19(14-26)18-7-11-22(12-8-18)28(29)30/h1-13,16H,15H2/b19-13-. The van der Waals surface area contributed by atoms with Crippen LogP contribution in [0, 0.1) is 25.0 Å². The number of rotatable bonds is 5. The lowest BCUT2D eigenvalue weighted by Gasteiger charge is -2.05. The van der Waals surface area contributed by atoms with Crippen LogP contribution in [0.1, 0.15) is 16.7 Å². The molecule has 0 saturated carbocycles. The second kappa shape index (κ2) is 8.51. The number of nitro benzene ring substituents is 1. The minimum Gasteiger partial charge on any atom is -0.342 e. The van der Waals surface area contributed by atoms with Gasteiger partial charge in [-0.25, -0.2) is 0 Å². The first kappa shape index (κ1) is 19.9. The van der Waals surface area contributed by atoms with Gasteiger partial charge in [-0.1, -0.05) is 30.3 Å². The Morgan fingerprint density at radius 2 is 1.77 bits per heavy atom. The molecule has 0 atom stereocenters. The summed E-state index contributed by atoms with van der Waals surface area (Å²) < 4.78 is 3.37. The summed E-state index contributed by atoms with van der Waals surface area (Å²) in [4.78, 5) is 10.4. The van der Waals surface area contributed by atoms with Crippen molar-refractivity contribution in [2.24, 2.45) is 0 Å². The fraction of sp³-hybridized carbons (Fsp3) is 0.0417. The molecular formula is C24H16IN3O2. The Balaban J connectivity index is 1.75. The Kier molecular flexibility index (Phi) is 5.63. The predicted molar refractivity (Wildman–Crippen MR) is 127 cm³/mol. The number of aromatic nitrogens is 1. The van der Waals surface area contributed by atoms with Gasteiger partial charge < -0.3 is 4.57 Å². The van der Waals surface area contributed by atoms with E-state index in [0.29, 0.717) is 11.1 Å². The van der Waals surface area contributed by atoms with Gasteiger partial charge in [0.1, 0.15) is 0 Å². The van der Waals surface area contributed by atoms with E-state index in [-0.39, 0.29) is 5.69 Å². The molecule has 3 aromatic carbocycles. The molecule has 0 aliphatic carbocycles. The Morgan fingerprint density at radius 3 is 2.43 bits per heavy atom. The van der Waals surface area contributed by atoms with Gasteiger partial charge in [0, 0.05) is 44.9 Å². The molecule has 0 aliphatic heterocycles. The molecule has 1 aromatic heterocycles. The van der Waals surface area contributed by atoms with Crippen LogP contribution in [0.5, 0.6) is 0 Å². The number of nitro groups is 1. The van der Waals surface area contributed by atoms with Gasteiger partial charge in [-0.05, 0) is 70.1 Å². The van der Waals surface area contributed by atoms with Crippen LogP contribution in [0.4, 0.5) is 5.69 Å². The molecule has 1 heterocycles. The molecule has 0 spiro atoms. The number of non-ortho nitro benzene ring substituents is 1. The predicted octanol–water partition coefficient (Wildman–Crippen LogP) is 6.27. The highest BCUT2D eigenvalue weighted by atomic mass is 127. The number of benzene rings is 3. The molecule has 30 heavy (non-hydrogen) atoms. The minimum absolute atomic E-state index is 0.00478. The van der Waals surface area contributed by atoms with Crippen molar-refractivity contribution in [1.29, 1.82) is 5.26 Å². The number of nitrogens with zero attached hydrogens (tertiary/aromatic N) is 3. The third-order valence-corrected chi connectivity index (χ3v) is 5.61. The minimum atomic E-state index is -0.447. The van der Waals surface area contributed by atoms with Crippen LogP contribution < -0.4 is 0 Å². The van der Waals surface area contributed by atoms with E-state index < -0.39 is 4.92 Å². The van der Waals surface area contributed by atoms with Crippen LogP contribution in [0.25, 0.3) is 22.6 Å². The molecule has 0 radical (unpaired) electrons. The van der Waals surface area contributed by atoms with Gasteiger partial charge in [0.15, 0.2) is 0 Å². The van der Waals surface area contributed by atoms with Gasteiger partial charge >= 0.3 is 0 Å². The maximum Gasteiger partial charge on any atom is 0.269 e. The lowest BCUT2D eigenvalue weighted by atomic mass is 10.0. The normalized spacial score (nSPS) is 11.4. The molecule has 5 nitrogen and oxygen atoms in total. The summed E-state index contributed by atoms with van der Waals surface area (Å²) in [5.41, 5.74) is 4.33. The highest BCUT2D eigenvalue weighted by Gasteiger charge is 2.11. The van der Waals surface area contributed by atoms with Crippen molar-refractivity contribution in [3.63, 3.8) is 0 Å². The number of halogens is 1. The van der Waals surface area contributed by atoms with E-state index in [1.54, 1.807) is 12.1 Å². The summed E-state index contributed by atoms with van der Waals surface area (Å²) in [5, 5.41) is 21.6. The molecule has 0 aliphatic rings. The fourth-order valence-corrected chi connectivity index (χ4v) is 3.77. The van der Waals surface area contributed by atoms with Gasteiger partial charge in [-0.3, -0.25) is 10.1 Å². The highest BCUT2D eigenvalue weighted by molar-refractivity contribution is 14.1. The average Bonchev–Trinajstić information content (AvgIpc) is 3.11. The zero-order valence-electron chi connectivity index (χ0n) is 15.8. The van der Waals surface area contributed by atoms with Crippen LogP contribution in [-0.2, 0) is 6.54 Å². The number of hydrogen-bond acceptors (Lipinski definition) is 3. The number of nitriles is 1. The lowest BCUT2D eigenvalue weighted by Crippen LogP contribution is -1.97. The maximum atomic E-state index is 10.9. The SMILES string of the molecule is N#C/C(=C/c1cn(Cc2ccc(I)cc2)c2ccccc12)c1ccc([N+](=O)[O-])cc1. The molecule has 0 amide bonds. The number of para-hydroxylation sites is 1. The van der Waals surface area contributed by atoms with Gasteiger partial charge in [0.25, 0.3) is 5.69 Å². The van der Waals surface area contributed by atoms with Crippen molar-refractivity contribution in [1.82, 2.24) is 4.57 Å². The Labute approximate surface area is 187 Å². The van der Waals surface area contributed by atoms with Gasteiger partial charge in [0.05, 0.1) is 16.6 Å². The van der Waals surface area contributed by atoms with Crippen LogP contribution in [0.2, 0.25) is 0 Å². The Bertz CT molecular complexity index is 1300. The van der Waals surface area contributed by atoms with Gasteiger partial charge in [-0.15, -0.1) is 0 Å². The quantitative estimate of drug-likeness (QED) is 0.139. The van der Waals surface area contributed by atoms with Crippen molar-refractivity contribution in [2.75, 3.05) is 0 Å². The number of allylic oxidation sites excluding steroid dienone is 1. The summed E-state index contributed by atoms with van der Waals surface area (Å²) in [6.45, 7) is 0.727. The van der Waals surface area contributed by atoms with E-state index in [0.717, 1.165) is 23.0 Å². The monoisotopic (exact) mass is 505 g/mol. The molecule has 4 aromatic rings. The van der Waals surface area contributed by atoms with E-state index in [4.69, 9.17) is 0 Å². The van der Waals surface area contributed by atoms with Crippen LogP contribution in [-0.4, -0.2) is 9.49 Å². The molecule has 4 rings (SSSR count). The summed E-state index contributed by atoms with van der Waals surface area (Å²) in [7, 11) is 0. The Hall–Kier alpha value is -3.44. The molecule has 0 saturated heterocycles. The molecule has 0 unspecified atom stereocenters. The van der Waals surface area contributed by atoms with Gasteiger partial charge in [-0.2, -0.15) is 5.26 Å². The molecular weight excluding hydrogens is 489 g/mol. The van der Waals surface area contributed by atoms with Crippen molar-refractivity contribution in [3.05, 3.63) is 109 Å². The number of hydrogen-bond donors (Lipinski definition) is 0. The van der Waals surface area contributed by atoms with Gasteiger partial charge in [0.2, 0.25) is 0 Å². The van der Waals surface area contributed by atoms with Crippen LogP contribution >= 0.6 is 22.6 Å². The third-order valence-electron chi connectivity index (χ3n) is 4.90. The van der Waals surface area contributed by atoms with Crippen LogP contribution in [0.15, 0.2) is 79.0 Å². The molecule has 6 heteroatoms. The zero-order chi connectivity index (χ0) is 21.1. The zero-order valence-corrected chi connectivity index (χ0v) is 18.0. The molecule has 146 valence electrons. The van der Waals surface area contributed by atoms with E-state index in [9.17, 15) is 15.4 Å². The Morgan fingerprint density at radius 1 is 1.07 bits per heavy atom. The van der Waals surface area contributed by atoms with Crippen molar-refractivity contribution >= 4 is 50.8 Å². The molecule has 0 N–H and O–H groups in total. The van der Waals surface area contributed by atoms with E-state index >= 15 is 0 Å². The topological polar surface area (TPSA) is 71.9 Å². The average molecular weight is 505 g/mol. The first-order valence-corrected chi connectivity index (χ1v) is 10.3. The fourth-order valence-electron chi connectivity index (χ4n) is 3.41. The van der Waals surface area contributed by atoms with Crippen molar-refractivity contribution in [3.8, 4) is 6.07 Å². The maximum absolute atomic E-state index is 10.9. The summed E-state index contributed by atoms with van der Waals surface area (Å²) >= 11 is 2.29. The first-order chi connectivity index (χ1) is 14.5. The van der Waals surface area contributed by atoms with Crippen molar-refractivity contribution < 1.29 is 4.92 Å². The van der Waals surface area contributed by atoms with E-state index in [2.05, 4.69) is 63.6 Å². The third kappa shape index (κ3) is 4.11. The van der Waals surface area contributed by atoms with E-state index in [1.807, 2.05) is 30.5 Å². The van der Waals surface area contributed by atoms with E-state index in [1.165, 1.54) is 21.3 Å². The van der Waals surface area contributed by atoms with Crippen molar-refractivity contribution in [2.45, 2.75) is 6.54 Å². The summed E-state index contributed by atoms with van der Waals surface area (Å²) in [5.74, 6) is 0. The first-order valence-electron chi connectivity index (χ1n) is 9.24. The van der Waals surface area contributed by atoms with Crippen LogP contribution in [0.3, 0.4) is 0 Å².